The second-order valence-corrected chi connectivity index (χ2v) is 8.34. The van der Waals surface area contributed by atoms with Crippen molar-refractivity contribution in [3.05, 3.63) is 65.7 Å². The van der Waals surface area contributed by atoms with E-state index in [4.69, 9.17) is 14.2 Å². The van der Waals surface area contributed by atoms with Gasteiger partial charge in [-0.25, -0.2) is 0 Å². The van der Waals surface area contributed by atoms with Crippen molar-refractivity contribution in [1.29, 1.82) is 0 Å². The lowest BCUT2D eigenvalue weighted by molar-refractivity contribution is -0.131. The summed E-state index contributed by atoms with van der Waals surface area (Å²) in [6, 6.07) is 18.3. The molecular weight excluding hydrogens is 378 g/mol. The van der Waals surface area contributed by atoms with Crippen molar-refractivity contribution in [2.75, 3.05) is 40.1 Å². The van der Waals surface area contributed by atoms with Crippen molar-refractivity contribution in [3.63, 3.8) is 0 Å². The Balaban J connectivity index is 1.61. The lowest BCUT2D eigenvalue weighted by Crippen LogP contribution is -2.52. The minimum absolute atomic E-state index is 0.0952. The molecule has 2 aliphatic heterocycles. The Hall–Kier alpha value is -2.37. The van der Waals surface area contributed by atoms with E-state index >= 15 is 0 Å². The fourth-order valence-corrected chi connectivity index (χ4v) is 4.93. The molecule has 0 spiro atoms. The summed E-state index contributed by atoms with van der Waals surface area (Å²) in [5.74, 6) is 0.968. The predicted octanol–water partition coefficient (Wildman–Crippen LogP) is 3.61. The first-order valence-electron chi connectivity index (χ1n) is 10.8. The largest absolute Gasteiger partial charge is 0.496 e. The van der Waals surface area contributed by atoms with Gasteiger partial charge in [-0.1, -0.05) is 48.5 Å². The molecule has 0 unspecified atom stereocenters. The number of benzene rings is 2. The molecule has 4 rings (SSSR count). The van der Waals surface area contributed by atoms with Gasteiger partial charge in [0.1, 0.15) is 5.75 Å². The van der Waals surface area contributed by atoms with Crippen molar-refractivity contribution in [3.8, 4) is 5.75 Å². The Morgan fingerprint density at radius 3 is 2.17 bits per heavy atom. The number of amides is 1. The van der Waals surface area contributed by atoms with Gasteiger partial charge in [0.15, 0.2) is 0 Å². The van der Waals surface area contributed by atoms with E-state index in [2.05, 4.69) is 23.5 Å². The normalized spacial score (nSPS) is 20.3. The fourth-order valence-electron chi connectivity index (χ4n) is 4.93. The molecule has 2 aromatic carbocycles. The zero-order valence-electron chi connectivity index (χ0n) is 17.7. The van der Waals surface area contributed by atoms with Crippen LogP contribution >= 0.6 is 0 Å². The molecular formula is C25H31NO4. The summed E-state index contributed by atoms with van der Waals surface area (Å²) >= 11 is 0. The van der Waals surface area contributed by atoms with E-state index in [-0.39, 0.29) is 11.3 Å². The van der Waals surface area contributed by atoms with E-state index in [1.165, 1.54) is 0 Å². The van der Waals surface area contributed by atoms with Gasteiger partial charge in [0.25, 0.3) is 0 Å². The molecule has 0 radical (unpaired) electrons. The first-order chi connectivity index (χ1) is 14.7. The third-order valence-corrected chi connectivity index (χ3v) is 6.82. The van der Waals surface area contributed by atoms with Crippen molar-refractivity contribution < 1.29 is 19.0 Å². The van der Waals surface area contributed by atoms with E-state index in [1.807, 2.05) is 36.4 Å². The quantitative estimate of drug-likeness (QED) is 0.792. The van der Waals surface area contributed by atoms with Gasteiger partial charge in [0.05, 0.1) is 12.5 Å². The highest BCUT2D eigenvalue weighted by Gasteiger charge is 2.43. The van der Waals surface area contributed by atoms with Crippen molar-refractivity contribution in [2.24, 2.45) is 0 Å². The van der Waals surface area contributed by atoms with Crippen LogP contribution in [0.15, 0.2) is 54.6 Å². The number of carbonyl (C=O) groups excluding carboxylic acids is 1. The molecule has 30 heavy (non-hydrogen) atoms. The molecule has 2 aliphatic rings. The Kier molecular flexibility index (Phi) is 6.40. The molecule has 2 saturated heterocycles. The van der Waals surface area contributed by atoms with Crippen LogP contribution in [-0.4, -0.2) is 46.0 Å². The van der Waals surface area contributed by atoms with Crippen LogP contribution in [0.2, 0.25) is 0 Å². The molecule has 1 amide bonds. The number of hydrogen-bond acceptors (Lipinski definition) is 4. The van der Waals surface area contributed by atoms with Gasteiger partial charge in [-0.3, -0.25) is 4.79 Å². The molecule has 2 fully saturated rings. The molecule has 0 atom stereocenters. The SMILES string of the molecule is COc1ccccc1C1(CNC(=O)C2(c3ccccc3)CCOCC2)CCOCC1. The standard InChI is InChI=1S/C25H31NO4/c1-28-22-10-6-5-9-21(22)24(11-15-29-16-12-24)19-26-23(27)25(13-17-30-18-14-25)20-7-3-2-4-8-20/h2-10H,11-19H2,1H3,(H,26,27). The number of methoxy groups -OCH3 is 1. The van der Waals surface area contributed by atoms with Crippen LogP contribution in [0.4, 0.5) is 0 Å². The van der Waals surface area contributed by atoms with Crippen molar-refractivity contribution >= 4 is 5.91 Å². The smallest absolute Gasteiger partial charge is 0.230 e. The number of nitrogens with one attached hydrogen (secondary N) is 1. The average molecular weight is 410 g/mol. The molecule has 5 nitrogen and oxygen atoms in total. The van der Waals surface area contributed by atoms with Gasteiger partial charge in [-0.05, 0) is 37.3 Å². The highest BCUT2D eigenvalue weighted by Crippen LogP contribution is 2.40. The summed E-state index contributed by atoms with van der Waals surface area (Å²) < 4.78 is 16.9. The van der Waals surface area contributed by atoms with Gasteiger partial charge in [-0.2, -0.15) is 0 Å². The highest BCUT2D eigenvalue weighted by molar-refractivity contribution is 5.88. The Morgan fingerprint density at radius 2 is 1.50 bits per heavy atom. The van der Waals surface area contributed by atoms with Crippen LogP contribution in [0.25, 0.3) is 0 Å². The highest BCUT2D eigenvalue weighted by atomic mass is 16.5. The second kappa shape index (κ2) is 9.19. The molecule has 2 aromatic rings. The predicted molar refractivity (Wildman–Crippen MR) is 116 cm³/mol. The topological polar surface area (TPSA) is 56.8 Å². The second-order valence-electron chi connectivity index (χ2n) is 8.34. The molecule has 5 heteroatoms. The molecule has 0 saturated carbocycles. The zero-order chi connectivity index (χ0) is 20.9. The van der Waals surface area contributed by atoms with Crippen LogP contribution in [0.5, 0.6) is 5.75 Å². The van der Waals surface area contributed by atoms with Gasteiger partial charge < -0.3 is 19.5 Å². The third-order valence-electron chi connectivity index (χ3n) is 6.82. The number of hydrogen-bond donors (Lipinski definition) is 1. The van der Waals surface area contributed by atoms with Crippen LogP contribution in [0, 0.1) is 0 Å². The van der Waals surface area contributed by atoms with Gasteiger partial charge in [-0.15, -0.1) is 0 Å². The maximum Gasteiger partial charge on any atom is 0.230 e. The van der Waals surface area contributed by atoms with Gasteiger partial charge in [0, 0.05) is 44.0 Å². The van der Waals surface area contributed by atoms with Gasteiger partial charge in [0.2, 0.25) is 5.91 Å². The molecule has 160 valence electrons. The molecule has 1 N–H and O–H groups in total. The lowest BCUT2D eigenvalue weighted by Gasteiger charge is -2.41. The number of carbonyl (C=O) groups is 1. The third kappa shape index (κ3) is 3.96. The summed E-state index contributed by atoms with van der Waals surface area (Å²) in [5, 5.41) is 3.35. The van der Waals surface area contributed by atoms with E-state index in [1.54, 1.807) is 7.11 Å². The van der Waals surface area contributed by atoms with Crippen LogP contribution < -0.4 is 10.1 Å². The zero-order valence-corrected chi connectivity index (χ0v) is 17.7. The molecule has 0 aromatic heterocycles. The Bertz CT molecular complexity index is 839. The van der Waals surface area contributed by atoms with E-state index in [0.717, 1.165) is 29.7 Å². The maximum absolute atomic E-state index is 13.7. The molecule has 0 bridgehead atoms. The molecule has 2 heterocycles. The van der Waals surface area contributed by atoms with Crippen molar-refractivity contribution in [2.45, 2.75) is 36.5 Å². The monoisotopic (exact) mass is 409 g/mol. The minimum Gasteiger partial charge on any atom is -0.496 e. The lowest BCUT2D eigenvalue weighted by atomic mass is 9.71. The van der Waals surface area contributed by atoms with Crippen molar-refractivity contribution in [1.82, 2.24) is 5.32 Å². The average Bonchev–Trinajstić information content (AvgIpc) is 2.84. The van der Waals surface area contributed by atoms with E-state index in [0.29, 0.717) is 45.8 Å². The van der Waals surface area contributed by atoms with Crippen LogP contribution in [0.3, 0.4) is 0 Å². The summed E-state index contributed by atoms with van der Waals surface area (Å²) in [4.78, 5) is 13.7. The van der Waals surface area contributed by atoms with E-state index < -0.39 is 5.41 Å². The first kappa shape index (κ1) is 20.9. The fraction of sp³-hybridized carbons (Fsp3) is 0.480. The summed E-state index contributed by atoms with van der Waals surface area (Å²) in [6.07, 6.45) is 3.12. The minimum atomic E-state index is -0.535. The number of rotatable bonds is 6. The Labute approximate surface area is 178 Å². The molecule has 0 aliphatic carbocycles. The maximum atomic E-state index is 13.7. The summed E-state index contributed by atoms with van der Waals surface area (Å²) in [5.41, 5.74) is 1.50. The summed E-state index contributed by atoms with van der Waals surface area (Å²) in [6.45, 7) is 3.16. The van der Waals surface area contributed by atoms with Gasteiger partial charge >= 0.3 is 0 Å². The first-order valence-corrected chi connectivity index (χ1v) is 10.8. The van der Waals surface area contributed by atoms with Crippen LogP contribution in [-0.2, 0) is 25.1 Å². The van der Waals surface area contributed by atoms with E-state index in [9.17, 15) is 4.79 Å². The number of para-hydroxylation sites is 1. The Morgan fingerprint density at radius 1 is 0.900 bits per heavy atom. The van der Waals surface area contributed by atoms with Crippen LogP contribution in [0.1, 0.15) is 36.8 Å². The number of ether oxygens (including phenoxy) is 3. The summed E-state index contributed by atoms with van der Waals surface area (Å²) in [7, 11) is 1.71.